The van der Waals surface area contributed by atoms with Gasteiger partial charge in [0.05, 0.1) is 24.9 Å². The van der Waals surface area contributed by atoms with E-state index in [1.165, 1.54) is 19.2 Å². The summed E-state index contributed by atoms with van der Waals surface area (Å²) >= 11 is 0. The van der Waals surface area contributed by atoms with Crippen molar-refractivity contribution in [2.75, 3.05) is 18.6 Å². The average molecular weight is 246 g/mol. The fourth-order valence-electron chi connectivity index (χ4n) is 1.24. The summed E-state index contributed by atoms with van der Waals surface area (Å²) in [5.41, 5.74) is 11.4. The van der Waals surface area contributed by atoms with Crippen LogP contribution in [0, 0.1) is 0 Å². The third kappa shape index (κ3) is 3.47. The molecule has 0 bridgehead atoms. The van der Waals surface area contributed by atoms with E-state index in [1.807, 2.05) is 0 Å². The number of ether oxygens (including phenoxy) is 2. The Morgan fingerprint density at radius 1 is 1.41 bits per heavy atom. The molecule has 0 aromatic heterocycles. The second kappa shape index (κ2) is 5.33. The summed E-state index contributed by atoms with van der Waals surface area (Å²) in [6.07, 6.45) is -0.0966. The van der Waals surface area contributed by atoms with Crippen molar-refractivity contribution in [1.82, 2.24) is 0 Å². The number of nitrogens with two attached hydrogens (primary N) is 2. The highest BCUT2D eigenvalue weighted by Gasteiger charge is 2.13. The van der Waals surface area contributed by atoms with Crippen LogP contribution in [0.4, 0.5) is 20.2 Å². The van der Waals surface area contributed by atoms with Crippen LogP contribution in [-0.2, 0) is 16.0 Å². The van der Waals surface area contributed by atoms with Gasteiger partial charge >= 0.3 is 12.6 Å². The van der Waals surface area contributed by atoms with Crippen molar-refractivity contribution < 1.29 is 23.0 Å². The average Bonchev–Trinajstić information content (AvgIpc) is 2.24. The maximum atomic E-state index is 12.1. The first-order valence-corrected chi connectivity index (χ1v) is 4.63. The minimum atomic E-state index is -3.01. The summed E-state index contributed by atoms with van der Waals surface area (Å²) in [7, 11) is 1.22. The first kappa shape index (κ1) is 13.0. The van der Waals surface area contributed by atoms with Crippen LogP contribution < -0.4 is 16.2 Å². The van der Waals surface area contributed by atoms with Crippen molar-refractivity contribution in [3.05, 3.63) is 17.7 Å². The van der Waals surface area contributed by atoms with Gasteiger partial charge in [-0.3, -0.25) is 4.79 Å². The van der Waals surface area contributed by atoms with Crippen LogP contribution in [0.25, 0.3) is 0 Å². The van der Waals surface area contributed by atoms with E-state index in [0.717, 1.165) is 0 Å². The molecule has 0 spiro atoms. The van der Waals surface area contributed by atoms with Gasteiger partial charge in [0.1, 0.15) is 0 Å². The minimum absolute atomic E-state index is 0.0713. The second-order valence-corrected chi connectivity index (χ2v) is 3.23. The molecule has 0 fully saturated rings. The zero-order valence-corrected chi connectivity index (χ0v) is 9.07. The van der Waals surface area contributed by atoms with E-state index in [9.17, 15) is 13.6 Å². The van der Waals surface area contributed by atoms with Gasteiger partial charge in [-0.15, -0.1) is 0 Å². The third-order valence-corrected chi connectivity index (χ3v) is 2.03. The van der Waals surface area contributed by atoms with Crippen LogP contribution in [0.3, 0.4) is 0 Å². The Kier molecular flexibility index (Phi) is 4.08. The molecule has 1 rings (SSSR count). The topological polar surface area (TPSA) is 87.6 Å². The smallest absolute Gasteiger partial charge is 0.387 e. The number of halogens is 2. The number of benzene rings is 1. The van der Waals surface area contributed by atoms with Gasteiger partial charge in [0, 0.05) is 0 Å². The first-order chi connectivity index (χ1) is 7.93. The summed E-state index contributed by atoms with van der Waals surface area (Å²) in [5.74, 6) is -0.768. The number of methoxy groups -OCH3 is 1. The Balaban J connectivity index is 3.01. The summed E-state index contributed by atoms with van der Waals surface area (Å²) in [5, 5.41) is 0. The monoisotopic (exact) mass is 246 g/mol. The number of hydrogen-bond acceptors (Lipinski definition) is 5. The number of hydrogen-bond donors (Lipinski definition) is 2. The van der Waals surface area contributed by atoms with E-state index >= 15 is 0 Å². The number of carbonyl (C=O) groups is 1. The van der Waals surface area contributed by atoms with Gasteiger partial charge in [-0.1, -0.05) is 0 Å². The van der Waals surface area contributed by atoms with E-state index in [2.05, 4.69) is 9.47 Å². The lowest BCUT2D eigenvalue weighted by Gasteiger charge is -2.11. The van der Waals surface area contributed by atoms with E-state index < -0.39 is 12.6 Å². The molecule has 0 saturated carbocycles. The molecule has 0 unspecified atom stereocenters. The third-order valence-electron chi connectivity index (χ3n) is 2.03. The quantitative estimate of drug-likeness (QED) is 0.615. The zero-order valence-electron chi connectivity index (χ0n) is 9.07. The molecule has 0 heterocycles. The fraction of sp³-hybridized carbons (Fsp3) is 0.300. The van der Waals surface area contributed by atoms with Gasteiger partial charge in [0.2, 0.25) is 0 Å². The minimum Gasteiger partial charge on any atom is -0.469 e. The van der Waals surface area contributed by atoms with Crippen molar-refractivity contribution in [2.24, 2.45) is 0 Å². The Labute approximate surface area is 96.3 Å². The van der Waals surface area contributed by atoms with Crippen LogP contribution in [0.1, 0.15) is 5.56 Å². The van der Waals surface area contributed by atoms with E-state index in [1.54, 1.807) is 0 Å². The van der Waals surface area contributed by atoms with E-state index in [4.69, 9.17) is 11.5 Å². The van der Waals surface area contributed by atoms with Gasteiger partial charge in [-0.05, 0) is 17.7 Å². The second-order valence-electron chi connectivity index (χ2n) is 3.23. The van der Waals surface area contributed by atoms with Crippen LogP contribution >= 0.6 is 0 Å². The van der Waals surface area contributed by atoms with Gasteiger partial charge in [0.25, 0.3) is 0 Å². The summed E-state index contributed by atoms with van der Waals surface area (Å²) in [4.78, 5) is 11.0. The molecule has 0 aliphatic carbocycles. The molecule has 5 nitrogen and oxygen atoms in total. The molecule has 0 atom stereocenters. The lowest BCUT2D eigenvalue weighted by molar-refractivity contribution is -0.139. The molecule has 0 amide bonds. The Hall–Kier alpha value is -2.05. The number of alkyl halides is 2. The first-order valence-electron chi connectivity index (χ1n) is 4.63. The Morgan fingerprint density at radius 3 is 2.59 bits per heavy atom. The highest BCUT2D eigenvalue weighted by atomic mass is 19.3. The number of rotatable bonds is 4. The van der Waals surface area contributed by atoms with Crippen LogP contribution in [0.15, 0.2) is 12.1 Å². The normalized spacial score (nSPS) is 10.4. The molecular formula is C10H12F2N2O3. The maximum absolute atomic E-state index is 12.1. The Morgan fingerprint density at radius 2 is 2.06 bits per heavy atom. The molecule has 1 aromatic rings. The lowest BCUT2D eigenvalue weighted by atomic mass is 10.1. The fourth-order valence-corrected chi connectivity index (χ4v) is 1.24. The zero-order chi connectivity index (χ0) is 13.0. The highest BCUT2D eigenvalue weighted by Crippen LogP contribution is 2.30. The molecule has 0 radical (unpaired) electrons. The van der Waals surface area contributed by atoms with Crippen LogP contribution in [0.5, 0.6) is 5.75 Å². The number of carbonyl (C=O) groups excluding carboxylic acids is 1. The number of esters is 1. The molecule has 0 saturated heterocycles. The van der Waals surface area contributed by atoms with Crippen LogP contribution in [-0.4, -0.2) is 19.7 Å². The number of anilines is 2. The van der Waals surface area contributed by atoms with Gasteiger partial charge in [-0.25, -0.2) is 0 Å². The van der Waals surface area contributed by atoms with Crippen molar-refractivity contribution in [3.8, 4) is 5.75 Å². The predicted molar refractivity (Wildman–Crippen MR) is 57.6 cm³/mol. The van der Waals surface area contributed by atoms with Gasteiger partial charge in [0.15, 0.2) is 5.75 Å². The standard InChI is InChI=1S/C10H12F2N2O3/c1-16-8(15)4-5-2-6(13)9(14)7(3-5)17-10(11)12/h2-3,10H,4,13-14H2,1H3. The maximum Gasteiger partial charge on any atom is 0.387 e. The van der Waals surface area contributed by atoms with Gasteiger partial charge in [-0.2, -0.15) is 8.78 Å². The van der Waals surface area contributed by atoms with Crippen molar-refractivity contribution in [1.29, 1.82) is 0 Å². The van der Waals surface area contributed by atoms with E-state index in [-0.39, 0.29) is 23.5 Å². The molecule has 0 aliphatic heterocycles. The SMILES string of the molecule is COC(=O)Cc1cc(N)c(N)c(OC(F)F)c1. The summed E-state index contributed by atoms with van der Waals surface area (Å²) < 4.78 is 32.8. The highest BCUT2D eigenvalue weighted by molar-refractivity contribution is 5.77. The molecule has 17 heavy (non-hydrogen) atoms. The van der Waals surface area contributed by atoms with E-state index in [0.29, 0.717) is 5.56 Å². The molecular weight excluding hydrogens is 234 g/mol. The van der Waals surface area contributed by atoms with Crippen molar-refractivity contribution >= 4 is 17.3 Å². The van der Waals surface area contributed by atoms with Gasteiger partial charge < -0.3 is 20.9 Å². The molecule has 4 N–H and O–H groups in total. The molecule has 1 aromatic carbocycles. The lowest BCUT2D eigenvalue weighted by Crippen LogP contribution is -2.09. The molecule has 94 valence electrons. The molecule has 7 heteroatoms. The van der Waals surface area contributed by atoms with Crippen molar-refractivity contribution in [2.45, 2.75) is 13.0 Å². The largest absolute Gasteiger partial charge is 0.469 e. The Bertz CT molecular complexity index is 424. The predicted octanol–water partition coefficient (Wildman–Crippen LogP) is 1.17. The van der Waals surface area contributed by atoms with Crippen LogP contribution in [0.2, 0.25) is 0 Å². The number of nitrogen functional groups attached to an aromatic ring is 2. The summed E-state index contributed by atoms with van der Waals surface area (Å²) in [6, 6.07) is 2.64. The van der Waals surface area contributed by atoms with Crippen molar-refractivity contribution in [3.63, 3.8) is 0 Å². The molecule has 0 aliphatic rings. The summed E-state index contributed by atoms with van der Waals surface area (Å²) in [6.45, 7) is -3.01.